The first-order valence-electron chi connectivity index (χ1n) is 8.72. The predicted octanol–water partition coefficient (Wildman–Crippen LogP) is 3.58. The van der Waals surface area contributed by atoms with E-state index in [4.69, 9.17) is 4.74 Å². The van der Waals surface area contributed by atoms with E-state index < -0.39 is 0 Å². The van der Waals surface area contributed by atoms with Gasteiger partial charge in [-0.1, -0.05) is 53.7 Å². The number of nitrogens with zero attached hydrogens (tertiary/aromatic N) is 3. The fourth-order valence-electron chi connectivity index (χ4n) is 2.80. The lowest BCUT2D eigenvalue weighted by Gasteiger charge is -2.15. The molecule has 0 fully saturated rings. The minimum atomic E-state index is -0.338. The average molecular weight is 379 g/mol. The number of aromatic nitrogens is 2. The largest absolute Gasteiger partial charge is 0.383 e. The van der Waals surface area contributed by atoms with Crippen molar-refractivity contribution in [1.82, 2.24) is 9.55 Å². The van der Waals surface area contributed by atoms with E-state index in [1.165, 1.54) is 17.3 Å². The lowest BCUT2D eigenvalue weighted by Crippen LogP contribution is -2.26. The zero-order valence-electron chi connectivity index (χ0n) is 15.4. The first-order chi connectivity index (χ1) is 13.1. The van der Waals surface area contributed by atoms with E-state index in [0.29, 0.717) is 35.6 Å². The van der Waals surface area contributed by atoms with Crippen molar-refractivity contribution in [1.29, 1.82) is 5.26 Å². The van der Waals surface area contributed by atoms with Crippen LogP contribution in [-0.2, 0) is 17.7 Å². The SMILES string of the molecule is COCCn1c(S[C@@H](C#N)Cc2ccc(C)cc2)nc2ccccc2c1=O. The fraction of sp³-hybridized carbons (Fsp3) is 0.286. The van der Waals surface area contributed by atoms with Gasteiger partial charge in [-0.05, 0) is 31.0 Å². The zero-order chi connectivity index (χ0) is 19.2. The van der Waals surface area contributed by atoms with Crippen LogP contribution in [0.15, 0.2) is 58.5 Å². The maximum Gasteiger partial charge on any atom is 0.262 e. The standard InChI is InChI=1S/C21H21N3O2S/c1-15-7-9-16(10-8-15)13-17(14-22)27-21-23-19-6-4-3-5-18(19)20(25)24(21)11-12-26-2/h3-10,17H,11-13H2,1-2H3/t17-/m1/s1. The summed E-state index contributed by atoms with van der Waals surface area (Å²) in [5, 5.41) is 10.4. The number of ether oxygens (including phenoxy) is 1. The van der Waals surface area contributed by atoms with Gasteiger partial charge >= 0.3 is 0 Å². The second-order valence-electron chi connectivity index (χ2n) is 6.29. The number of nitriles is 1. The van der Waals surface area contributed by atoms with Crippen LogP contribution in [0.4, 0.5) is 0 Å². The Labute approximate surface area is 162 Å². The smallest absolute Gasteiger partial charge is 0.262 e. The predicted molar refractivity (Wildman–Crippen MR) is 108 cm³/mol. The Hall–Kier alpha value is -2.62. The summed E-state index contributed by atoms with van der Waals surface area (Å²) in [6.07, 6.45) is 0.592. The van der Waals surface area contributed by atoms with Crippen molar-refractivity contribution in [3.05, 3.63) is 70.0 Å². The van der Waals surface area contributed by atoms with Gasteiger partial charge in [-0.25, -0.2) is 4.98 Å². The molecule has 1 atom stereocenters. The van der Waals surface area contributed by atoms with E-state index in [1.807, 2.05) is 49.4 Å². The molecule has 3 aromatic rings. The third-order valence-electron chi connectivity index (χ3n) is 4.28. The highest BCUT2D eigenvalue weighted by atomic mass is 32.2. The topological polar surface area (TPSA) is 67.9 Å². The summed E-state index contributed by atoms with van der Waals surface area (Å²) in [4.78, 5) is 17.5. The van der Waals surface area contributed by atoms with Gasteiger partial charge in [0, 0.05) is 7.11 Å². The van der Waals surface area contributed by atoms with E-state index in [9.17, 15) is 10.1 Å². The molecule has 27 heavy (non-hydrogen) atoms. The number of rotatable bonds is 7. The molecule has 6 heteroatoms. The van der Waals surface area contributed by atoms with Gasteiger partial charge in [0.1, 0.15) is 5.25 Å². The summed E-state index contributed by atoms with van der Waals surface area (Å²) in [6.45, 7) is 2.84. The molecular formula is C21H21N3O2S. The van der Waals surface area contributed by atoms with Gasteiger partial charge in [0.2, 0.25) is 0 Å². The molecule has 3 rings (SSSR count). The minimum Gasteiger partial charge on any atom is -0.383 e. The summed E-state index contributed by atoms with van der Waals surface area (Å²) in [7, 11) is 1.60. The molecule has 1 aromatic heterocycles. The fourth-order valence-corrected chi connectivity index (χ4v) is 3.83. The van der Waals surface area contributed by atoms with Gasteiger partial charge in [0.15, 0.2) is 5.16 Å². The molecule has 0 unspecified atom stereocenters. The maximum atomic E-state index is 12.9. The molecule has 0 aliphatic rings. The van der Waals surface area contributed by atoms with Crippen LogP contribution in [0.1, 0.15) is 11.1 Å². The number of fused-ring (bicyclic) bond motifs is 1. The first kappa shape index (κ1) is 19.2. The molecule has 0 amide bonds. The van der Waals surface area contributed by atoms with Crippen LogP contribution in [0.3, 0.4) is 0 Å². The molecule has 0 bridgehead atoms. The average Bonchev–Trinajstić information content (AvgIpc) is 2.69. The van der Waals surface area contributed by atoms with Gasteiger partial charge < -0.3 is 4.74 Å². The van der Waals surface area contributed by atoms with Crippen molar-refractivity contribution in [2.45, 2.75) is 30.3 Å². The van der Waals surface area contributed by atoms with E-state index in [-0.39, 0.29) is 10.8 Å². The van der Waals surface area contributed by atoms with Gasteiger partial charge in [0.05, 0.1) is 30.1 Å². The van der Waals surface area contributed by atoms with E-state index in [2.05, 4.69) is 11.1 Å². The quantitative estimate of drug-likeness (QED) is 0.464. The van der Waals surface area contributed by atoms with Crippen molar-refractivity contribution in [3.63, 3.8) is 0 Å². The van der Waals surface area contributed by atoms with E-state index in [0.717, 1.165) is 5.56 Å². The molecule has 138 valence electrons. The summed E-state index contributed by atoms with van der Waals surface area (Å²) in [5.41, 5.74) is 2.81. The first-order valence-corrected chi connectivity index (χ1v) is 9.60. The molecule has 2 aromatic carbocycles. The van der Waals surface area contributed by atoms with Gasteiger partial charge in [-0.2, -0.15) is 5.26 Å². The lowest BCUT2D eigenvalue weighted by molar-refractivity contribution is 0.183. The summed E-state index contributed by atoms with van der Waals surface area (Å²) in [5.74, 6) is 0. The molecule has 5 nitrogen and oxygen atoms in total. The van der Waals surface area contributed by atoms with Crippen LogP contribution in [0.5, 0.6) is 0 Å². The number of hydrogen-bond donors (Lipinski definition) is 0. The Balaban J connectivity index is 1.94. The minimum absolute atomic E-state index is 0.104. The highest BCUT2D eigenvalue weighted by Crippen LogP contribution is 2.25. The van der Waals surface area contributed by atoms with Crippen LogP contribution in [0.2, 0.25) is 0 Å². The van der Waals surface area contributed by atoms with E-state index >= 15 is 0 Å². The summed E-state index contributed by atoms with van der Waals surface area (Å²) in [6, 6.07) is 17.8. The second kappa shape index (κ2) is 8.85. The maximum absolute atomic E-state index is 12.9. The highest BCUT2D eigenvalue weighted by molar-refractivity contribution is 8.00. The number of methoxy groups -OCH3 is 1. The van der Waals surface area contributed by atoms with Crippen molar-refractivity contribution in [2.75, 3.05) is 13.7 Å². The third-order valence-corrected chi connectivity index (χ3v) is 5.36. The Kier molecular flexibility index (Phi) is 6.28. The summed E-state index contributed by atoms with van der Waals surface area (Å²) >= 11 is 1.33. The van der Waals surface area contributed by atoms with Crippen LogP contribution in [0.25, 0.3) is 10.9 Å². The summed E-state index contributed by atoms with van der Waals surface area (Å²) < 4.78 is 6.75. The number of hydrogen-bond acceptors (Lipinski definition) is 5. The Morgan fingerprint density at radius 3 is 2.67 bits per heavy atom. The Bertz CT molecular complexity index is 1020. The molecule has 0 aliphatic carbocycles. The number of benzene rings is 2. The van der Waals surface area contributed by atoms with E-state index in [1.54, 1.807) is 17.7 Å². The molecule has 0 saturated carbocycles. The Morgan fingerprint density at radius 2 is 1.96 bits per heavy atom. The van der Waals surface area contributed by atoms with Crippen LogP contribution < -0.4 is 5.56 Å². The van der Waals surface area contributed by atoms with Crippen molar-refractivity contribution >= 4 is 22.7 Å². The molecule has 0 spiro atoms. The van der Waals surface area contributed by atoms with Gasteiger partial charge in [-0.15, -0.1) is 0 Å². The molecule has 0 saturated heterocycles. The second-order valence-corrected chi connectivity index (χ2v) is 7.46. The third kappa shape index (κ3) is 4.57. The molecule has 0 N–H and O–H groups in total. The number of aryl methyl sites for hydroxylation is 1. The highest BCUT2D eigenvalue weighted by Gasteiger charge is 2.17. The normalized spacial score (nSPS) is 12.0. The van der Waals surface area contributed by atoms with Crippen molar-refractivity contribution < 1.29 is 4.74 Å². The van der Waals surface area contributed by atoms with Crippen molar-refractivity contribution in [2.24, 2.45) is 0 Å². The van der Waals surface area contributed by atoms with Crippen molar-refractivity contribution in [3.8, 4) is 6.07 Å². The molecular weight excluding hydrogens is 358 g/mol. The van der Waals surface area contributed by atoms with Gasteiger partial charge in [-0.3, -0.25) is 9.36 Å². The Morgan fingerprint density at radius 1 is 1.22 bits per heavy atom. The molecule has 0 aliphatic heterocycles. The van der Waals surface area contributed by atoms with Crippen LogP contribution >= 0.6 is 11.8 Å². The van der Waals surface area contributed by atoms with Crippen LogP contribution in [-0.4, -0.2) is 28.5 Å². The van der Waals surface area contributed by atoms with Gasteiger partial charge in [0.25, 0.3) is 5.56 Å². The number of para-hydroxylation sites is 1. The molecule has 0 radical (unpaired) electrons. The van der Waals surface area contributed by atoms with Crippen LogP contribution in [0, 0.1) is 18.3 Å². The zero-order valence-corrected chi connectivity index (χ0v) is 16.2. The lowest BCUT2D eigenvalue weighted by atomic mass is 10.1. The molecule has 1 heterocycles. The number of thioether (sulfide) groups is 1. The monoisotopic (exact) mass is 379 g/mol.